The minimum absolute atomic E-state index is 0.0146. The zero-order valence-corrected chi connectivity index (χ0v) is 8.28. The van der Waals surface area contributed by atoms with E-state index >= 15 is 0 Å². The van der Waals surface area contributed by atoms with Crippen molar-refractivity contribution >= 4 is 0 Å². The molecule has 1 aliphatic heterocycles. The van der Waals surface area contributed by atoms with Gasteiger partial charge in [-0.1, -0.05) is 0 Å². The summed E-state index contributed by atoms with van der Waals surface area (Å²) in [7, 11) is 0. The maximum absolute atomic E-state index is 12.9. The molecule has 0 bridgehead atoms. The highest BCUT2D eigenvalue weighted by Crippen LogP contribution is 2.23. The molecule has 1 heterocycles. The van der Waals surface area contributed by atoms with Gasteiger partial charge in [-0.2, -0.15) is 0 Å². The summed E-state index contributed by atoms with van der Waals surface area (Å²) in [6.45, 7) is 1.03. The highest BCUT2D eigenvalue weighted by Gasteiger charge is 2.18. The molecule has 2 rings (SSSR count). The summed E-state index contributed by atoms with van der Waals surface area (Å²) in [5, 5.41) is 9.04. The van der Waals surface area contributed by atoms with Crippen molar-refractivity contribution in [3.8, 4) is 5.75 Å². The number of halogens is 1. The fourth-order valence-electron chi connectivity index (χ4n) is 1.57. The van der Waals surface area contributed by atoms with E-state index in [4.69, 9.17) is 14.6 Å². The van der Waals surface area contributed by atoms with E-state index in [9.17, 15) is 4.39 Å². The van der Waals surface area contributed by atoms with Crippen molar-refractivity contribution in [2.45, 2.75) is 19.1 Å². The van der Waals surface area contributed by atoms with Crippen LogP contribution in [0.4, 0.5) is 4.39 Å². The Labute approximate surface area is 87.4 Å². The molecule has 0 aromatic heterocycles. The molecule has 1 aromatic rings. The van der Waals surface area contributed by atoms with Gasteiger partial charge in [0.2, 0.25) is 0 Å². The lowest BCUT2D eigenvalue weighted by atomic mass is 10.2. The van der Waals surface area contributed by atoms with Crippen molar-refractivity contribution in [2.24, 2.45) is 0 Å². The Morgan fingerprint density at radius 1 is 1.53 bits per heavy atom. The van der Waals surface area contributed by atoms with Crippen LogP contribution < -0.4 is 4.74 Å². The SMILES string of the molecule is OCc1cc(F)ccc1OC1CCOC1. The van der Waals surface area contributed by atoms with Gasteiger partial charge < -0.3 is 14.6 Å². The Hall–Kier alpha value is -1.13. The van der Waals surface area contributed by atoms with Gasteiger partial charge in [0.1, 0.15) is 17.7 Å². The molecule has 3 nitrogen and oxygen atoms in total. The second-order valence-electron chi connectivity index (χ2n) is 3.51. The van der Waals surface area contributed by atoms with Crippen LogP contribution in [-0.2, 0) is 11.3 Å². The van der Waals surface area contributed by atoms with Crippen LogP contribution in [0.1, 0.15) is 12.0 Å². The van der Waals surface area contributed by atoms with Crippen LogP contribution in [0.2, 0.25) is 0 Å². The molecular weight excluding hydrogens is 199 g/mol. The van der Waals surface area contributed by atoms with Crippen LogP contribution in [-0.4, -0.2) is 24.4 Å². The Bertz CT molecular complexity index is 335. The molecule has 82 valence electrons. The molecule has 1 aliphatic rings. The van der Waals surface area contributed by atoms with Crippen LogP contribution in [0.25, 0.3) is 0 Å². The third kappa shape index (κ3) is 2.46. The van der Waals surface area contributed by atoms with Crippen LogP contribution in [0, 0.1) is 5.82 Å². The average molecular weight is 212 g/mol. The Morgan fingerprint density at radius 2 is 2.40 bits per heavy atom. The highest BCUT2D eigenvalue weighted by molar-refractivity contribution is 5.33. The smallest absolute Gasteiger partial charge is 0.125 e. The van der Waals surface area contributed by atoms with Crippen molar-refractivity contribution in [3.63, 3.8) is 0 Å². The molecule has 0 radical (unpaired) electrons. The summed E-state index contributed by atoms with van der Waals surface area (Å²) in [6, 6.07) is 4.15. The van der Waals surface area contributed by atoms with E-state index in [0.717, 1.165) is 6.42 Å². The number of hydrogen-bond donors (Lipinski definition) is 1. The van der Waals surface area contributed by atoms with Crippen LogP contribution in [0.5, 0.6) is 5.75 Å². The molecule has 0 amide bonds. The molecule has 0 saturated carbocycles. The second kappa shape index (κ2) is 4.59. The fourth-order valence-corrected chi connectivity index (χ4v) is 1.57. The van der Waals surface area contributed by atoms with Gasteiger partial charge in [-0.3, -0.25) is 0 Å². The van der Waals surface area contributed by atoms with E-state index in [0.29, 0.717) is 24.5 Å². The van der Waals surface area contributed by atoms with Gasteiger partial charge in [-0.05, 0) is 18.2 Å². The first kappa shape index (κ1) is 10.4. The lowest BCUT2D eigenvalue weighted by Crippen LogP contribution is -2.16. The summed E-state index contributed by atoms with van der Waals surface area (Å²) in [5.74, 6) is 0.170. The Morgan fingerprint density at radius 3 is 3.07 bits per heavy atom. The first-order valence-corrected chi connectivity index (χ1v) is 4.93. The van der Waals surface area contributed by atoms with E-state index in [2.05, 4.69) is 0 Å². The molecular formula is C11H13FO3. The van der Waals surface area contributed by atoms with E-state index < -0.39 is 0 Å². The predicted octanol–water partition coefficient (Wildman–Crippen LogP) is 1.49. The Kier molecular flexibility index (Phi) is 3.18. The van der Waals surface area contributed by atoms with Gasteiger partial charge in [-0.25, -0.2) is 4.39 Å². The number of aliphatic hydroxyl groups is 1. The third-order valence-electron chi connectivity index (χ3n) is 2.37. The van der Waals surface area contributed by atoms with E-state index in [-0.39, 0.29) is 18.5 Å². The van der Waals surface area contributed by atoms with Crippen molar-refractivity contribution < 1.29 is 19.0 Å². The van der Waals surface area contributed by atoms with Crippen LogP contribution >= 0.6 is 0 Å². The second-order valence-corrected chi connectivity index (χ2v) is 3.51. The maximum atomic E-state index is 12.9. The molecule has 4 heteroatoms. The van der Waals surface area contributed by atoms with Gasteiger partial charge in [0.15, 0.2) is 0 Å². The molecule has 0 aliphatic carbocycles. The quantitative estimate of drug-likeness (QED) is 0.824. The largest absolute Gasteiger partial charge is 0.488 e. The fraction of sp³-hybridized carbons (Fsp3) is 0.455. The number of ether oxygens (including phenoxy) is 2. The van der Waals surface area contributed by atoms with Gasteiger partial charge in [0.05, 0.1) is 19.8 Å². The average Bonchev–Trinajstić information content (AvgIpc) is 2.73. The topological polar surface area (TPSA) is 38.7 Å². The number of benzene rings is 1. The molecule has 1 unspecified atom stereocenters. The van der Waals surface area contributed by atoms with Crippen molar-refractivity contribution in [2.75, 3.05) is 13.2 Å². The molecule has 0 spiro atoms. The molecule has 1 atom stereocenters. The summed E-state index contributed by atoms with van der Waals surface area (Å²) in [6.07, 6.45) is 0.850. The summed E-state index contributed by atoms with van der Waals surface area (Å²) in [4.78, 5) is 0. The normalized spacial score (nSPS) is 20.5. The zero-order valence-electron chi connectivity index (χ0n) is 8.28. The summed E-state index contributed by atoms with van der Waals surface area (Å²) >= 11 is 0. The lowest BCUT2D eigenvalue weighted by Gasteiger charge is -2.14. The van der Waals surface area contributed by atoms with Crippen LogP contribution in [0.15, 0.2) is 18.2 Å². The van der Waals surface area contributed by atoms with Gasteiger partial charge in [-0.15, -0.1) is 0 Å². The predicted molar refractivity (Wildman–Crippen MR) is 52.2 cm³/mol. The molecule has 1 saturated heterocycles. The molecule has 1 N–H and O–H groups in total. The summed E-state index contributed by atoms with van der Waals surface area (Å²) in [5.41, 5.74) is 0.474. The summed E-state index contributed by atoms with van der Waals surface area (Å²) < 4.78 is 23.6. The molecule has 15 heavy (non-hydrogen) atoms. The van der Waals surface area contributed by atoms with E-state index in [1.807, 2.05) is 0 Å². The number of hydrogen-bond acceptors (Lipinski definition) is 3. The minimum Gasteiger partial charge on any atom is -0.488 e. The van der Waals surface area contributed by atoms with Gasteiger partial charge in [0, 0.05) is 12.0 Å². The third-order valence-corrected chi connectivity index (χ3v) is 2.37. The first-order chi connectivity index (χ1) is 7.29. The van der Waals surface area contributed by atoms with Crippen molar-refractivity contribution in [1.82, 2.24) is 0 Å². The van der Waals surface area contributed by atoms with E-state index in [1.54, 1.807) is 6.07 Å². The zero-order chi connectivity index (χ0) is 10.7. The van der Waals surface area contributed by atoms with Crippen LogP contribution in [0.3, 0.4) is 0 Å². The lowest BCUT2D eigenvalue weighted by molar-refractivity contribution is 0.139. The number of aliphatic hydroxyl groups excluding tert-OH is 1. The van der Waals surface area contributed by atoms with Crippen molar-refractivity contribution in [1.29, 1.82) is 0 Å². The van der Waals surface area contributed by atoms with E-state index in [1.165, 1.54) is 12.1 Å². The van der Waals surface area contributed by atoms with Crippen molar-refractivity contribution in [3.05, 3.63) is 29.6 Å². The Balaban J connectivity index is 2.12. The van der Waals surface area contributed by atoms with Gasteiger partial charge in [0.25, 0.3) is 0 Å². The first-order valence-electron chi connectivity index (χ1n) is 4.93. The number of rotatable bonds is 3. The molecule has 1 aromatic carbocycles. The maximum Gasteiger partial charge on any atom is 0.125 e. The highest BCUT2D eigenvalue weighted by atomic mass is 19.1. The minimum atomic E-state index is -0.367. The monoisotopic (exact) mass is 212 g/mol. The standard InChI is InChI=1S/C11H13FO3/c12-9-1-2-11(8(5-9)6-13)15-10-3-4-14-7-10/h1-2,5,10,13H,3-4,6-7H2. The molecule has 1 fully saturated rings. The van der Waals surface area contributed by atoms with Gasteiger partial charge >= 0.3 is 0 Å².